The number of aryl methyl sites for hydroxylation is 1. The van der Waals surface area contributed by atoms with Crippen LogP contribution in [0, 0.1) is 6.92 Å². The highest BCUT2D eigenvalue weighted by Gasteiger charge is 2.12. The van der Waals surface area contributed by atoms with Crippen molar-refractivity contribution in [3.63, 3.8) is 0 Å². The highest BCUT2D eigenvalue weighted by molar-refractivity contribution is 8.13. The van der Waals surface area contributed by atoms with E-state index in [1.165, 1.54) is 12.1 Å². The third-order valence-electron chi connectivity index (χ3n) is 1.75. The average molecular weight is 232 g/mol. The maximum atomic E-state index is 11.0. The normalized spacial score (nSPS) is 12.1. The fourth-order valence-electron chi connectivity index (χ4n) is 1.17. The van der Waals surface area contributed by atoms with Gasteiger partial charge in [0.1, 0.15) is 5.52 Å². The van der Waals surface area contributed by atoms with E-state index < -0.39 is 9.05 Å². The van der Waals surface area contributed by atoms with Gasteiger partial charge in [-0.15, -0.1) is 0 Å². The van der Waals surface area contributed by atoms with Crippen molar-refractivity contribution in [2.45, 2.75) is 11.8 Å². The third kappa shape index (κ3) is 1.60. The Labute approximate surface area is 84.9 Å². The van der Waals surface area contributed by atoms with Crippen LogP contribution in [0.2, 0.25) is 0 Å². The summed E-state index contributed by atoms with van der Waals surface area (Å²) in [4.78, 5) is 4.05. The fraction of sp³-hybridized carbons (Fsp3) is 0.125. The number of nitrogens with zero attached hydrogens (tertiary/aromatic N) is 1. The Balaban J connectivity index is 2.74. The van der Waals surface area contributed by atoms with Crippen molar-refractivity contribution in [2.24, 2.45) is 0 Å². The van der Waals surface area contributed by atoms with Gasteiger partial charge in [-0.2, -0.15) is 0 Å². The summed E-state index contributed by atoms with van der Waals surface area (Å²) in [5.41, 5.74) is 1.04. The molecule has 0 saturated carbocycles. The lowest BCUT2D eigenvalue weighted by Gasteiger charge is -1.93. The number of rotatable bonds is 1. The van der Waals surface area contributed by atoms with Gasteiger partial charge in [-0.1, -0.05) is 0 Å². The predicted molar refractivity (Wildman–Crippen MR) is 51.8 cm³/mol. The van der Waals surface area contributed by atoms with Crippen molar-refractivity contribution >= 4 is 30.8 Å². The lowest BCUT2D eigenvalue weighted by atomic mass is 10.3. The molecule has 2 aromatic rings. The topological polar surface area (TPSA) is 60.2 Å². The van der Waals surface area contributed by atoms with Gasteiger partial charge in [-0.25, -0.2) is 13.4 Å². The molecule has 0 spiro atoms. The summed E-state index contributed by atoms with van der Waals surface area (Å²) >= 11 is 0. The van der Waals surface area contributed by atoms with Crippen LogP contribution in [0.3, 0.4) is 0 Å². The maximum absolute atomic E-state index is 11.0. The molecule has 0 radical (unpaired) electrons. The van der Waals surface area contributed by atoms with Crippen LogP contribution < -0.4 is 0 Å². The molecule has 0 aliphatic carbocycles. The Morgan fingerprint density at radius 3 is 2.79 bits per heavy atom. The van der Waals surface area contributed by atoms with E-state index >= 15 is 0 Å². The zero-order chi connectivity index (χ0) is 10.3. The molecule has 1 aromatic carbocycles. The third-order valence-corrected chi connectivity index (χ3v) is 3.10. The van der Waals surface area contributed by atoms with Gasteiger partial charge in [0.2, 0.25) is 0 Å². The summed E-state index contributed by atoms with van der Waals surface area (Å²) in [5, 5.41) is 0. The van der Waals surface area contributed by atoms with Crippen LogP contribution in [0.5, 0.6) is 0 Å². The van der Waals surface area contributed by atoms with Gasteiger partial charge < -0.3 is 4.42 Å². The van der Waals surface area contributed by atoms with Gasteiger partial charge in [0.25, 0.3) is 9.05 Å². The smallest absolute Gasteiger partial charge is 0.261 e. The van der Waals surface area contributed by atoms with Crippen molar-refractivity contribution in [1.82, 2.24) is 4.98 Å². The van der Waals surface area contributed by atoms with Crippen LogP contribution in [-0.2, 0) is 9.05 Å². The fourth-order valence-corrected chi connectivity index (χ4v) is 1.94. The lowest BCUT2D eigenvalue weighted by Crippen LogP contribution is -1.88. The second-order valence-corrected chi connectivity index (χ2v) is 5.37. The second kappa shape index (κ2) is 2.96. The Morgan fingerprint density at radius 2 is 2.14 bits per heavy atom. The van der Waals surface area contributed by atoms with Crippen LogP contribution in [-0.4, -0.2) is 13.4 Å². The zero-order valence-corrected chi connectivity index (χ0v) is 8.76. The number of aromatic nitrogens is 1. The van der Waals surface area contributed by atoms with E-state index in [2.05, 4.69) is 4.98 Å². The molecule has 0 aliphatic rings. The molecule has 2 rings (SSSR count). The van der Waals surface area contributed by atoms with E-state index in [1.54, 1.807) is 13.0 Å². The number of hydrogen-bond donors (Lipinski definition) is 0. The summed E-state index contributed by atoms with van der Waals surface area (Å²) in [6, 6.07) is 4.31. The minimum absolute atomic E-state index is 0.0165. The van der Waals surface area contributed by atoms with E-state index in [0.29, 0.717) is 17.0 Å². The molecule has 0 amide bonds. The van der Waals surface area contributed by atoms with Crippen LogP contribution in [0.15, 0.2) is 27.5 Å². The molecule has 1 heterocycles. The quantitative estimate of drug-likeness (QED) is 0.705. The number of fused-ring (bicyclic) bond motifs is 1. The maximum Gasteiger partial charge on any atom is 0.261 e. The molecule has 0 atom stereocenters. The number of halogens is 1. The highest BCUT2D eigenvalue weighted by Crippen LogP contribution is 2.21. The van der Waals surface area contributed by atoms with Gasteiger partial charge in [0.05, 0.1) is 4.90 Å². The van der Waals surface area contributed by atoms with Crippen LogP contribution in [0.25, 0.3) is 11.1 Å². The summed E-state index contributed by atoms with van der Waals surface area (Å²) in [6.07, 6.45) is 0. The van der Waals surface area contributed by atoms with Gasteiger partial charge in [-0.05, 0) is 12.1 Å². The molecule has 0 N–H and O–H groups in total. The Morgan fingerprint density at radius 1 is 1.43 bits per heavy atom. The first-order chi connectivity index (χ1) is 6.47. The molecule has 74 valence electrons. The minimum Gasteiger partial charge on any atom is -0.441 e. The number of benzene rings is 1. The molecule has 0 bridgehead atoms. The Hall–Kier alpha value is -1.07. The molecule has 1 aromatic heterocycles. The van der Waals surface area contributed by atoms with Gasteiger partial charge in [0.15, 0.2) is 11.5 Å². The van der Waals surface area contributed by atoms with E-state index in [4.69, 9.17) is 15.1 Å². The summed E-state index contributed by atoms with van der Waals surface area (Å²) in [5.74, 6) is 0.490. The predicted octanol–water partition coefficient (Wildman–Crippen LogP) is 2.06. The van der Waals surface area contributed by atoms with Crippen LogP contribution in [0.4, 0.5) is 0 Å². The van der Waals surface area contributed by atoms with Crippen molar-refractivity contribution < 1.29 is 12.8 Å². The average Bonchev–Trinajstić information content (AvgIpc) is 2.41. The summed E-state index contributed by atoms with van der Waals surface area (Å²) in [6.45, 7) is 1.69. The minimum atomic E-state index is -3.70. The van der Waals surface area contributed by atoms with Gasteiger partial charge in [-0.3, -0.25) is 0 Å². The molecule has 14 heavy (non-hydrogen) atoms. The Kier molecular flexibility index (Phi) is 2.01. The van der Waals surface area contributed by atoms with Gasteiger partial charge in [0, 0.05) is 23.7 Å². The largest absolute Gasteiger partial charge is 0.441 e. The first-order valence-corrected chi connectivity index (χ1v) is 6.09. The van der Waals surface area contributed by atoms with Crippen molar-refractivity contribution in [1.29, 1.82) is 0 Å². The van der Waals surface area contributed by atoms with Crippen molar-refractivity contribution in [3.8, 4) is 0 Å². The molecule has 0 saturated heterocycles. The molecule has 0 fully saturated rings. The van der Waals surface area contributed by atoms with E-state index in [9.17, 15) is 8.42 Å². The highest BCUT2D eigenvalue weighted by atomic mass is 35.7. The summed E-state index contributed by atoms with van der Waals surface area (Å²) < 4.78 is 27.1. The molecule has 6 heteroatoms. The lowest BCUT2D eigenvalue weighted by molar-refractivity contribution is 0.560. The summed E-state index contributed by atoms with van der Waals surface area (Å²) in [7, 11) is 1.48. The first kappa shape index (κ1) is 9.48. The van der Waals surface area contributed by atoms with Crippen molar-refractivity contribution in [2.75, 3.05) is 0 Å². The van der Waals surface area contributed by atoms with E-state index in [1.807, 2.05) is 0 Å². The monoisotopic (exact) mass is 231 g/mol. The molecular weight excluding hydrogens is 226 g/mol. The SMILES string of the molecule is Cc1nc2ccc(S(=O)(=O)Cl)cc2o1. The second-order valence-electron chi connectivity index (χ2n) is 2.80. The zero-order valence-electron chi connectivity index (χ0n) is 7.19. The van der Waals surface area contributed by atoms with E-state index in [-0.39, 0.29) is 4.90 Å². The Bertz CT molecular complexity index is 588. The molecular formula is C8H6ClNO3S. The van der Waals surface area contributed by atoms with Crippen molar-refractivity contribution in [3.05, 3.63) is 24.1 Å². The molecule has 4 nitrogen and oxygen atoms in total. The van der Waals surface area contributed by atoms with Crippen LogP contribution in [0.1, 0.15) is 5.89 Å². The first-order valence-electron chi connectivity index (χ1n) is 3.79. The van der Waals surface area contributed by atoms with E-state index in [0.717, 1.165) is 0 Å². The van der Waals surface area contributed by atoms with Crippen LogP contribution >= 0.6 is 10.7 Å². The standard InChI is InChI=1S/C8H6ClNO3S/c1-5-10-7-3-2-6(14(9,11)12)4-8(7)13-5/h2-4H,1H3. The number of hydrogen-bond acceptors (Lipinski definition) is 4. The molecule has 0 unspecified atom stereocenters. The number of oxazole rings is 1. The van der Waals surface area contributed by atoms with Gasteiger partial charge >= 0.3 is 0 Å². The molecule has 0 aliphatic heterocycles.